The fourth-order valence-corrected chi connectivity index (χ4v) is 6.49. The van der Waals surface area contributed by atoms with E-state index < -0.39 is 26.1 Å². The summed E-state index contributed by atoms with van der Waals surface area (Å²) in [6.07, 6.45) is 3.50. The molecule has 1 aliphatic heterocycles. The van der Waals surface area contributed by atoms with Gasteiger partial charge in [0.1, 0.15) is 17.7 Å². The first-order valence-corrected chi connectivity index (χ1v) is 14.5. The first-order valence-electron chi connectivity index (χ1n) is 11.2. The van der Waals surface area contributed by atoms with Crippen LogP contribution in [0.4, 0.5) is 4.39 Å². The number of hydrogen-bond donors (Lipinski definition) is 0. The van der Waals surface area contributed by atoms with Crippen molar-refractivity contribution in [2.45, 2.75) is 50.8 Å². The molecule has 1 aliphatic rings. The summed E-state index contributed by atoms with van der Waals surface area (Å²) in [7, 11) is -7.14. The van der Waals surface area contributed by atoms with Crippen LogP contribution in [0.25, 0.3) is 0 Å². The lowest BCUT2D eigenvalue weighted by Gasteiger charge is -2.31. The molecule has 1 fully saturated rings. The zero-order chi connectivity index (χ0) is 25.1. The Morgan fingerprint density at radius 2 is 1.68 bits per heavy atom. The van der Waals surface area contributed by atoms with E-state index in [1.165, 1.54) is 39.3 Å². The summed E-state index contributed by atoms with van der Waals surface area (Å²) in [4.78, 5) is 4.17. The number of piperidine rings is 1. The first kappa shape index (κ1) is 26.5. The predicted molar refractivity (Wildman–Crippen MR) is 128 cm³/mol. The Hall–Kier alpha value is -2.08. The molecule has 1 saturated heterocycles. The Morgan fingerprint density at radius 1 is 1.06 bits per heavy atom. The summed E-state index contributed by atoms with van der Waals surface area (Å²) in [5.74, 6) is 0.116. The number of benzene rings is 1. The molecule has 0 spiro atoms. The van der Waals surface area contributed by atoms with Gasteiger partial charge in [-0.25, -0.2) is 30.5 Å². The van der Waals surface area contributed by atoms with Crippen molar-refractivity contribution in [1.29, 1.82) is 0 Å². The van der Waals surface area contributed by atoms with E-state index in [2.05, 4.69) is 4.98 Å². The van der Waals surface area contributed by atoms with Crippen LogP contribution in [-0.2, 0) is 20.0 Å². The van der Waals surface area contributed by atoms with Gasteiger partial charge < -0.3 is 4.74 Å². The van der Waals surface area contributed by atoms with Crippen molar-refractivity contribution in [2.24, 2.45) is 5.92 Å². The van der Waals surface area contributed by atoms with E-state index in [0.29, 0.717) is 37.2 Å². The van der Waals surface area contributed by atoms with Crippen LogP contribution in [0.1, 0.15) is 45.2 Å². The van der Waals surface area contributed by atoms with Gasteiger partial charge in [0.25, 0.3) is 10.0 Å². The zero-order valence-electron chi connectivity index (χ0n) is 19.9. The Kier molecular flexibility index (Phi) is 8.33. The minimum atomic E-state index is -3.93. The molecule has 188 valence electrons. The number of rotatable bonds is 9. The molecule has 0 radical (unpaired) electrons. The molecule has 8 nitrogen and oxygen atoms in total. The van der Waals surface area contributed by atoms with E-state index in [1.54, 1.807) is 25.1 Å². The van der Waals surface area contributed by atoms with Gasteiger partial charge in [-0.05, 0) is 55.5 Å². The molecule has 2 aromatic rings. The number of nitrogens with zero attached hydrogens (tertiary/aromatic N) is 3. The Balaban J connectivity index is 1.74. The van der Waals surface area contributed by atoms with Crippen molar-refractivity contribution in [3.05, 3.63) is 54.0 Å². The van der Waals surface area contributed by atoms with E-state index in [9.17, 15) is 21.2 Å². The van der Waals surface area contributed by atoms with Crippen LogP contribution >= 0.6 is 0 Å². The van der Waals surface area contributed by atoms with E-state index >= 15 is 0 Å². The summed E-state index contributed by atoms with van der Waals surface area (Å²) < 4.78 is 72.3. The monoisotopic (exact) mass is 513 g/mol. The van der Waals surface area contributed by atoms with Gasteiger partial charge >= 0.3 is 0 Å². The van der Waals surface area contributed by atoms with Gasteiger partial charge in [0.2, 0.25) is 10.0 Å². The molecule has 11 heteroatoms. The second-order valence-electron chi connectivity index (χ2n) is 9.01. The molecule has 2 heterocycles. The molecule has 34 heavy (non-hydrogen) atoms. The lowest BCUT2D eigenvalue weighted by atomic mass is 10.1. The van der Waals surface area contributed by atoms with Gasteiger partial charge in [-0.2, -0.15) is 4.31 Å². The topological polar surface area (TPSA) is 96.9 Å². The maximum Gasteiger partial charge on any atom is 0.261 e. The van der Waals surface area contributed by atoms with Crippen LogP contribution in [0, 0.1) is 11.7 Å². The number of halogens is 1. The van der Waals surface area contributed by atoms with E-state index in [-0.39, 0.29) is 29.4 Å². The van der Waals surface area contributed by atoms with E-state index in [0.717, 1.165) is 0 Å². The minimum Gasteiger partial charge on any atom is -0.489 e. The summed E-state index contributed by atoms with van der Waals surface area (Å²) >= 11 is 0. The number of sulfonamides is 2. The van der Waals surface area contributed by atoms with E-state index in [4.69, 9.17) is 4.74 Å². The summed E-state index contributed by atoms with van der Waals surface area (Å²) in [5, 5.41) is -0.0960. The Bertz CT molecular complexity index is 1160. The molecule has 0 aliphatic carbocycles. The first-order chi connectivity index (χ1) is 15.9. The predicted octanol–water partition coefficient (Wildman–Crippen LogP) is 3.43. The highest BCUT2D eigenvalue weighted by Gasteiger charge is 2.32. The molecule has 0 unspecified atom stereocenters. The number of hydrogen-bond acceptors (Lipinski definition) is 6. The van der Waals surface area contributed by atoms with Crippen LogP contribution in [0.5, 0.6) is 5.75 Å². The van der Waals surface area contributed by atoms with Gasteiger partial charge in [-0.3, -0.25) is 0 Å². The van der Waals surface area contributed by atoms with Gasteiger partial charge in [-0.1, -0.05) is 26.0 Å². The third kappa shape index (κ3) is 6.53. The van der Waals surface area contributed by atoms with Gasteiger partial charge in [0, 0.05) is 25.7 Å². The maximum atomic E-state index is 13.5. The van der Waals surface area contributed by atoms with Gasteiger partial charge in [0.05, 0.1) is 12.5 Å². The van der Waals surface area contributed by atoms with Crippen LogP contribution in [0.3, 0.4) is 0 Å². The summed E-state index contributed by atoms with van der Waals surface area (Å²) in [6.45, 7) is 6.68. The number of pyridine rings is 1. The molecular formula is C23H32FN3O5S2. The van der Waals surface area contributed by atoms with Crippen LogP contribution in [-0.4, -0.2) is 62.4 Å². The van der Waals surface area contributed by atoms with Crippen molar-refractivity contribution in [2.75, 3.05) is 25.9 Å². The van der Waals surface area contributed by atoms with Crippen molar-refractivity contribution in [1.82, 2.24) is 13.6 Å². The lowest BCUT2D eigenvalue weighted by Crippen LogP contribution is -2.41. The summed E-state index contributed by atoms with van der Waals surface area (Å²) in [6, 6.07) is 8.28. The Morgan fingerprint density at radius 3 is 2.18 bits per heavy atom. The fourth-order valence-electron chi connectivity index (χ4n) is 3.92. The van der Waals surface area contributed by atoms with Crippen LogP contribution < -0.4 is 4.74 Å². The van der Waals surface area contributed by atoms with Crippen molar-refractivity contribution < 1.29 is 26.0 Å². The molecule has 0 N–H and O–H groups in total. The van der Waals surface area contributed by atoms with Gasteiger partial charge in [0.15, 0.2) is 5.03 Å². The summed E-state index contributed by atoms with van der Waals surface area (Å²) in [5.41, 5.74) is 0.686. The molecule has 0 bridgehead atoms. The molecule has 1 aromatic heterocycles. The smallest absolute Gasteiger partial charge is 0.261 e. The highest BCUT2D eigenvalue weighted by Crippen LogP contribution is 2.29. The fraction of sp³-hybridized carbons (Fsp3) is 0.522. The van der Waals surface area contributed by atoms with Crippen LogP contribution in [0.15, 0.2) is 47.6 Å². The second-order valence-corrected chi connectivity index (χ2v) is 12.8. The Labute approximate surface area is 201 Å². The highest BCUT2D eigenvalue weighted by atomic mass is 32.2. The van der Waals surface area contributed by atoms with Crippen LogP contribution in [0.2, 0.25) is 0 Å². The third-order valence-corrected chi connectivity index (χ3v) is 8.94. The van der Waals surface area contributed by atoms with Crippen molar-refractivity contribution >= 4 is 20.0 Å². The SMILES string of the molecule is CC(C)CN([C@@H](C)c1ccc(F)cc1)S(=O)(=O)c1ccc(OC2CCN(S(C)(=O)=O)CC2)cn1. The quantitative estimate of drug-likeness (QED) is 0.510. The average molecular weight is 514 g/mol. The third-order valence-electron chi connectivity index (χ3n) is 5.78. The number of aromatic nitrogens is 1. The van der Waals surface area contributed by atoms with Crippen molar-refractivity contribution in [3.63, 3.8) is 0 Å². The number of ether oxygens (including phenoxy) is 1. The minimum absolute atomic E-state index is 0.0677. The molecule has 0 saturated carbocycles. The molecule has 0 amide bonds. The normalized spacial score (nSPS) is 17.3. The largest absolute Gasteiger partial charge is 0.489 e. The van der Waals surface area contributed by atoms with E-state index in [1.807, 2.05) is 13.8 Å². The molecule has 3 rings (SSSR count). The van der Waals surface area contributed by atoms with Gasteiger partial charge in [-0.15, -0.1) is 0 Å². The molecule has 1 aromatic carbocycles. The molecule has 1 atom stereocenters. The molecular weight excluding hydrogens is 481 g/mol. The van der Waals surface area contributed by atoms with Crippen molar-refractivity contribution in [3.8, 4) is 5.75 Å². The standard InChI is InChI=1S/C23H32FN3O5S2/c1-17(2)16-27(18(3)19-5-7-20(24)8-6-19)34(30,31)23-10-9-22(15-25-23)32-21-11-13-26(14-12-21)33(4,28)29/h5-10,15,17-18,21H,11-14,16H2,1-4H3/t18-/m0/s1. The zero-order valence-corrected chi connectivity index (χ0v) is 21.5. The maximum absolute atomic E-state index is 13.5. The average Bonchev–Trinajstić information content (AvgIpc) is 2.77. The second kappa shape index (κ2) is 10.7. The highest BCUT2D eigenvalue weighted by molar-refractivity contribution is 7.89. The lowest BCUT2D eigenvalue weighted by molar-refractivity contribution is 0.135.